The lowest BCUT2D eigenvalue weighted by molar-refractivity contribution is -0.205. The van der Waals surface area contributed by atoms with Gasteiger partial charge in [-0.15, -0.1) is 11.3 Å². The maximum Gasteiger partial charge on any atom is 0.416 e. The van der Waals surface area contributed by atoms with Crippen molar-refractivity contribution in [3.8, 4) is 0 Å². The van der Waals surface area contributed by atoms with E-state index in [1.807, 2.05) is 0 Å². The molecule has 1 aliphatic carbocycles. The number of carbonyl (C=O) groups excluding carboxylic acids is 1. The van der Waals surface area contributed by atoms with E-state index in [9.17, 15) is 18.0 Å². The number of carbonyl (C=O) groups is 1. The highest BCUT2D eigenvalue weighted by molar-refractivity contribution is 7.15. The van der Waals surface area contributed by atoms with Gasteiger partial charge >= 0.3 is 12.2 Å². The molecule has 2 N–H and O–H groups in total. The average Bonchev–Trinajstić information content (AvgIpc) is 2.79. The molecule has 9 heteroatoms. The van der Waals surface area contributed by atoms with Gasteiger partial charge in [0.1, 0.15) is 0 Å². The first-order valence-electron chi connectivity index (χ1n) is 6.53. The molecule has 2 rings (SSSR count). The third-order valence-electron chi connectivity index (χ3n) is 3.23. The number of aliphatic hydroxyl groups is 1. The number of aromatic nitrogens is 1. The standard InChI is InChI=1S/C12H16F3N3O2S/c1-18(6-9(19)12(13,14)15)11(20)17-10-16-7-4-2-3-5-8(7)21-10/h9,19H,2-6H2,1H3,(H,16,17,20)/t9-/m1/s1. The number of halogens is 3. The van der Waals surface area contributed by atoms with Crippen LogP contribution in [0.1, 0.15) is 23.4 Å². The number of likely N-dealkylation sites (N-methyl/N-ethyl adjacent to an activating group) is 1. The number of hydrogen-bond donors (Lipinski definition) is 2. The summed E-state index contributed by atoms with van der Waals surface area (Å²) in [4.78, 5) is 18.0. The molecule has 0 spiro atoms. The van der Waals surface area contributed by atoms with Crippen LogP contribution >= 0.6 is 11.3 Å². The predicted octanol–water partition coefficient (Wildman–Crippen LogP) is 2.41. The van der Waals surface area contributed by atoms with Crippen molar-refractivity contribution in [3.63, 3.8) is 0 Å². The third kappa shape index (κ3) is 4.07. The summed E-state index contributed by atoms with van der Waals surface area (Å²) in [5, 5.41) is 11.8. The predicted molar refractivity (Wildman–Crippen MR) is 72.5 cm³/mol. The Hall–Kier alpha value is -1.35. The first kappa shape index (κ1) is 16.0. The van der Waals surface area contributed by atoms with Crippen LogP contribution in [0.2, 0.25) is 0 Å². The number of amides is 2. The minimum Gasteiger partial charge on any atom is -0.382 e. The molecular weight excluding hydrogens is 307 g/mol. The summed E-state index contributed by atoms with van der Waals surface area (Å²) < 4.78 is 36.7. The van der Waals surface area contributed by atoms with Crippen LogP contribution in [-0.4, -0.2) is 46.9 Å². The number of rotatable bonds is 3. The number of hydrogen-bond acceptors (Lipinski definition) is 4. The fraction of sp³-hybridized carbons (Fsp3) is 0.667. The Morgan fingerprint density at radius 2 is 2.14 bits per heavy atom. The van der Waals surface area contributed by atoms with E-state index in [4.69, 9.17) is 5.11 Å². The van der Waals surface area contributed by atoms with Crippen LogP contribution in [0.3, 0.4) is 0 Å². The minimum absolute atomic E-state index is 0.389. The van der Waals surface area contributed by atoms with Crippen LogP contribution in [0.4, 0.5) is 23.1 Å². The molecule has 2 amide bonds. The van der Waals surface area contributed by atoms with Crippen molar-refractivity contribution in [2.75, 3.05) is 18.9 Å². The zero-order valence-corrected chi connectivity index (χ0v) is 12.2. The Balaban J connectivity index is 1.93. The number of nitrogens with one attached hydrogen (secondary N) is 1. The van der Waals surface area contributed by atoms with Gasteiger partial charge in [0, 0.05) is 11.9 Å². The van der Waals surface area contributed by atoms with Crippen LogP contribution < -0.4 is 5.32 Å². The summed E-state index contributed by atoms with van der Waals surface area (Å²) >= 11 is 1.35. The van der Waals surface area contributed by atoms with Crippen molar-refractivity contribution < 1.29 is 23.1 Å². The number of alkyl halides is 3. The molecule has 0 saturated carbocycles. The second kappa shape index (κ2) is 6.18. The van der Waals surface area contributed by atoms with Crippen molar-refractivity contribution in [2.45, 2.75) is 38.0 Å². The van der Waals surface area contributed by atoms with Gasteiger partial charge < -0.3 is 10.0 Å². The van der Waals surface area contributed by atoms with Gasteiger partial charge in [-0.3, -0.25) is 5.32 Å². The fourth-order valence-corrected chi connectivity index (χ4v) is 3.08. The second-order valence-corrected chi connectivity index (χ2v) is 6.05. The monoisotopic (exact) mass is 323 g/mol. The second-order valence-electron chi connectivity index (χ2n) is 4.96. The Bertz CT molecular complexity index is 495. The lowest BCUT2D eigenvalue weighted by atomic mass is 10.0. The molecular formula is C12H16F3N3O2S. The van der Waals surface area contributed by atoms with Gasteiger partial charge in [0.2, 0.25) is 0 Å². The zero-order valence-electron chi connectivity index (χ0n) is 11.4. The highest BCUT2D eigenvalue weighted by atomic mass is 32.1. The van der Waals surface area contributed by atoms with E-state index in [0.717, 1.165) is 41.2 Å². The van der Waals surface area contributed by atoms with E-state index >= 15 is 0 Å². The first-order valence-corrected chi connectivity index (χ1v) is 7.34. The van der Waals surface area contributed by atoms with E-state index in [1.54, 1.807) is 0 Å². The number of aryl methyl sites for hydroxylation is 2. The van der Waals surface area contributed by atoms with Gasteiger partial charge in [0.15, 0.2) is 11.2 Å². The summed E-state index contributed by atoms with van der Waals surface area (Å²) in [5.41, 5.74) is 0.958. The summed E-state index contributed by atoms with van der Waals surface area (Å²) in [6.45, 7) is -0.819. The van der Waals surface area contributed by atoms with E-state index < -0.39 is 24.9 Å². The van der Waals surface area contributed by atoms with Gasteiger partial charge in [-0.2, -0.15) is 13.2 Å². The molecule has 1 aliphatic rings. The van der Waals surface area contributed by atoms with Crippen molar-refractivity contribution >= 4 is 22.5 Å². The van der Waals surface area contributed by atoms with E-state index in [-0.39, 0.29) is 0 Å². The SMILES string of the molecule is CN(C[C@@H](O)C(F)(F)F)C(=O)Nc1nc2c(s1)CCCC2. The van der Waals surface area contributed by atoms with Crippen LogP contribution in [-0.2, 0) is 12.8 Å². The summed E-state index contributed by atoms with van der Waals surface area (Å²) in [6, 6.07) is -0.718. The topological polar surface area (TPSA) is 65.5 Å². The molecule has 0 fully saturated rings. The molecule has 21 heavy (non-hydrogen) atoms. The quantitative estimate of drug-likeness (QED) is 0.898. The number of aliphatic hydroxyl groups excluding tert-OH is 1. The number of urea groups is 1. The average molecular weight is 323 g/mol. The Morgan fingerprint density at radius 1 is 1.48 bits per heavy atom. The lowest BCUT2D eigenvalue weighted by Crippen LogP contribution is -2.43. The fourth-order valence-electron chi connectivity index (χ4n) is 2.04. The molecule has 0 saturated heterocycles. The number of fused-ring (bicyclic) bond motifs is 1. The van der Waals surface area contributed by atoms with E-state index in [0.29, 0.717) is 5.13 Å². The minimum atomic E-state index is -4.74. The molecule has 118 valence electrons. The molecule has 0 bridgehead atoms. The molecule has 1 aromatic heterocycles. The number of anilines is 1. The number of nitrogens with zero attached hydrogens (tertiary/aromatic N) is 2. The highest BCUT2D eigenvalue weighted by Gasteiger charge is 2.39. The summed E-state index contributed by atoms with van der Waals surface area (Å²) in [7, 11) is 1.19. The normalized spacial score (nSPS) is 16.2. The van der Waals surface area contributed by atoms with Crippen molar-refractivity contribution in [3.05, 3.63) is 10.6 Å². The highest BCUT2D eigenvalue weighted by Crippen LogP contribution is 2.29. The molecule has 0 unspecified atom stereocenters. The van der Waals surface area contributed by atoms with E-state index in [1.165, 1.54) is 18.4 Å². The van der Waals surface area contributed by atoms with Gasteiger partial charge in [0.05, 0.1) is 12.2 Å². The van der Waals surface area contributed by atoms with Crippen LogP contribution in [0.15, 0.2) is 0 Å². The smallest absolute Gasteiger partial charge is 0.382 e. The molecule has 1 aromatic rings. The Morgan fingerprint density at radius 3 is 2.76 bits per heavy atom. The van der Waals surface area contributed by atoms with Gasteiger partial charge in [-0.25, -0.2) is 9.78 Å². The summed E-state index contributed by atoms with van der Waals surface area (Å²) in [6.07, 6.45) is -3.37. The largest absolute Gasteiger partial charge is 0.416 e. The van der Waals surface area contributed by atoms with Crippen molar-refractivity contribution in [1.29, 1.82) is 0 Å². The summed E-state index contributed by atoms with van der Waals surface area (Å²) in [5.74, 6) is 0. The molecule has 0 aliphatic heterocycles. The van der Waals surface area contributed by atoms with Crippen LogP contribution in [0, 0.1) is 0 Å². The third-order valence-corrected chi connectivity index (χ3v) is 4.30. The van der Waals surface area contributed by atoms with E-state index in [2.05, 4.69) is 10.3 Å². The Labute approximate surface area is 123 Å². The molecule has 0 radical (unpaired) electrons. The first-order chi connectivity index (χ1) is 9.77. The van der Waals surface area contributed by atoms with Crippen molar-refractivity contribution in [1.82, 2.24) is 9.88 Å². The molecule has 0 aromatic carbocycles. The maximum atomic E-state index is 12.2. The van der Waals surface area contributed by atoms with Crippen molar-refractivity contribution in [2.24, 2.45) is 0 Å². The lowest BCUT2D eigenvalue weighted by Gasteiger charge is -2.22. The maximum absolute atomic E-state index is 12.2. The molecule has 1 atom stereocenters. The van der Waals surface area contributed by atoms with Crippen LogP contribution in [0.25, 0.3) is 0 Å². The molecule has 5 nitrogen and oxygen atoms in total. The zero-order chi connectivity index (χ0) is 15.6. The van der Waals surface area contributed by atoms with Gasteiger partial charge in [-0.1, -0.05) is 0 Å². The Kier molecular flexibility index (Phi) is 4.72. The van der Waals surface area contributed by atoms with Gasteiger partial charge in [-0.05, 0) is 25.7 Å². The van der Waals surface area contributed by atoms with Gasteiger partial charge in [0.25, 0.3) is 0 Å². The van der Waals surface area contributed by atoms with Crippen LogP contribution in [0.5, 0.6) is 0 Å². The molecule has 1 heterocycles. The number of thiazole rings is 1.